The minimum Gasteiger partial charge on any atom is -0.398 e. The number of hydrogen-bond donors (Lipinski definition) is 2. The number of carbonyl (C=O) groups is 1. The molecule has 0 unspecified atom stereocenters. The summed E-state index contributed by atoms with van der Waals surface area (Å²) in [6.07, 6.45) is 0. The van der Waals surface area contributed by atoms with Crippen molar-refractivity contribution in [2.45, 2.75) is 6.61 Å². The Balaban J connectivity index is 2.26. The van der Waals surface area contributed by atoms with Crippen LogP contribution in [0.15, 0.2) is 46.9 Å². The number of methoxy groups -OCH3 is 1. The lowest BCUT2D eigenvalue weighted by Crippen LogP contribution is -2.15. The second kappa shape index (κ2) is 6.54. The van der Waals surface area contributed by atoms with Gasteiger partial charge in [-0.25, -0.2) is 0 Å². The van der Waals surface area contributed by atoms with E-state index in [1.54, 1.807) is 25.3 Å². The van der Waals surface area contributed by atoms with E-state index in [1.165, 1.54) is 0 Å². The van der Waals surface area contributed by atoms with Gasteiger partial charge in [-0.3, -0.25) is 4.79 Å². The Morgan fingerprint density at radius 1 is 1.30 bits per heavy atom. The summed E-state index contributed by atoms with van der Waals surface area (Å²) >= 11 is 3.33. The number of para-hydroxylation sites is 1. The van der Waals surface area contributed by atoms with Crippen molar-refractivity contribution in [1.29, 1.82) is 0 Å². The fraction of sp³-hybridized carbons (Fsp3) is 0.133. The van der Waals surface area contributed by atoms with E-state index >= 15 is 0 Å². The van der Waals surface area contributed by atoms with Gasteiger partial charge in [-0.05, 0) is 24.3 Å². The van der Waals surface area contributed by atoms with E-state index in [4.69, 9.17) is 10.5 Å². The molecule has 0 spiro atoms. The number of benzene rings is 2. The summed E-state index contributed by atoms with van der Waals surface area (Å²) in [5.41, 5.74) is 8.35. The van der Waals surface area contributed by atoms with Crippen LogP contribution in [-0.2, 0) is 11.3 Å². The van der Waals surface area contributed by atoms with Crippen LogP contribution in [0.1, 0.15) is 15.9 Å². The number of rotatable bonds is 4. The van der Waals surface area contributed by atoms with E-state index in [0.29, 0.717) is 17.9 Å². The molecule has 5 heteroatoms. The Bertz CT molecular complexity index is 629. The van der Waals surface area contributed by atoms with Gasteiger partial charge in [-0.1, -0.05) is 34.1 Å². The number of ether oxygens (including phenoxy) is 1. The molecule has 4 nitrogen and oxygen atoms in total. The van der Waals surface area contributed by atoms with E-state index < -0.39 is 0 Å². The van der Waals surface area contributed by atoms with Gasteiger partial charge in [0.25, 0.3) is 5.91 Å². The number of halogens is 1. The van der Waals surface area contributed by atoms with E-state index in [-0.39, 0.29) is 5.91 Å². The lowest BCUT2D eigenvalue weighted by molar-refractivity contribution is 0.102. The predicted octanol–water partition coefficient (Wildman–Crippen LogP) is 3.43. The zero-order chi connectivity index (χ0) is 14.5. The summed E-state index contributed by atoms with van der Waals surface area (Å²) in [6, 6.07) is 12.7. The maximum absolute atomic E-state index is 12.3. The van der Waals surface area contributed by atoms with Crippen molar-refractivity contribution >= 4 is 33.2 Å². The van der Waals surface area contributed by atoms with E-state index in [0.717, 1.165) is 15.7 Å². The van der Waals surface area contributed by atoms with Gasteiger partial charge >= 0.3 is 0 Å². The first-order chi connectivity index (χ1) is 9.61. The zero-order valence-corrected chi connectivity index (χ0v) is 12.6. The Morgan fingerprint density at radius 3 is 2.80 bits per heavy atom. The Labute approximate surface area is 126 Å². The molecular weight excluding hydrogens is 320 g/mol. The van der Waals surface area contributed by atoms with Gasteiger partial charge in [0.2, 0.25) is 0 Å². The first-order valence-corrected chi connectivity index (χ1v) is 6.84. The van der Waals surface area contributed by atoms with Crippen molar-refractivity contribution in [2.24, 2.45) is 0 Å². The number of amides is 1. The standard InChI is InChI=1S/C15H15BrN2O2/c1-20-9-10-4-2-3-5-14(10)18-15(19)12-8-11(16)6-7-13(12)17/h2-8H,9,17H2,1H3,(H,18,19). The maximum Gasteiger partial charge on any atom is 0.257 e. The molecule has 0 saturated carbocycles. The van der Waals surface area contributed by atoms with Gasteiger partial charge in [-0.15, -0.1) is 0 Å². The van der Waals surface area contributed by atoms with Crippen molar-refractivity contribution < 1.29 is 9.53 Å². The Morgan fingerprint density at radius 2 is 2.05 bits per heavy atom. The van der Waals surface area contributed by atoms with Crippen LogP contribution >= 0.6 is 15.9 Å². The van der Waals surface area contributed by atoms with Gasteiger partial charge in [-0.2, -0.15) is 0 Å². The highest BCUT2D eigenvalue weighted by molar-refractivity contribution is 9.10. The average molecular weight is 335 g/mol. The lowest BCUT2D eigenvalue weighted by atomic mass is 10.1. The quantitative estimate of drug-likeness (QED) is 0.842. The molecule has 0 fully saturated rings. The van der Waals surface area contributed by atoms with Crippen molar-refractivity contribution in [2.75, 3.05) is 18.2 Å². The third-order valence-corrected chi connectivity index (χ3v) is 3.32. The van der Waals surface area contributed by atoms with Crippen LogP contribution in [0.4, 0.5) is 11.4 Å². The molecule has 0 saturated heterocycles. The largest absolute Gasteiger partial charge is 0.398 e. The van der Waals surface area contributed by atoms with Crippen LogP contribution in [0.5, 0.6) is 0 Å². The van der Waals surface area contributed by atoms with Gasteiger partial charge in [0.1, 0.15) is 0 Å². The predicted molar refractivity (Wildman–Crippen MR) is 83.7 cm³/mol. The molecule has 20 heavy (non-hydrogen) atoms. The number of nitrogen functional groups attached to an aromatic ring is 1. The van der Waals surface area contributed by atoms with Crippen LogP contribution in [0, 0.1) is 0 Å². The number of nitrogens with one attached hydrogen (secondary N) is 1. The number of anilines is 2. The molecule has 0 atom stereocenters. The molecule has 2 aromatic rings. The summed E-state index contributed by atoms with van der Waals surface area (Å²) < 4.78 is 5.92. The van der Waals surface area contributed by atoms with Crippen LogP contribution in [0.2, 0.25) is 0 Å². The molecule has 2 rings (SSSR count). The molecule has 2 aromatic carbocycles. The Hall–Kier alpha value is -1.85. The SMILES string of the molecule is COCc1ccccc1NC(=O)c1cc(Br)ccc1N. The van der Waals surface area contributed by atoms with E-state index in [1.807, 2.05) is 24.3 Å². The molecule has 0 aliphatic rings. The molecule has 0 heterocycles. The number of hydrogen-bond acceptors (Lipinski definition) is 3. The van der Waals surface area contributed by atoms with Gasteiger partial charge in [0.05, 0.1) is 12.2 Å². The van der Waals surface area contributed by atoms with Crippen LogP contribution in [-0.4, -0.2) is 13.0 Å². The molecular formula is C15H15BrN2O2. The molecule has 104 valence electrons. The monoisotopic (exact) mass is 334 g/mol. The van der Waals surface area contributed by atoms with Crippen LogP contribution in [0.3, 0.4) is 0 Å². The average Bonchev–Trinajstić information content (AvgIpc) is 2.44. The minimum atomic E-state index is -0.243. The van der Waals surface area contributed by atoms with E-state index in [9.17, 15) is 4.79 Å². The highest BCUT2D eigenvalue weighted by atomic mass is 79.9. The minimum absolute atomic E-state index is 0.243. The normalized spacial score (nSPS) is 10.3. The molecule has 0 radical (unpaired) electrons. The summed E-state index contributed by atoms with van der Waals surface area (Å²) in [4.78, 5) is 12.3. The molecule has 3 N–H and O–H groups in total. The van der Waals surface area contributed by atoms with Crippen molar-refractivity contribution in [3.8, 4) is 0 Å². The number of nitrogens with two attached hydrogens (primary N) is 1. The Kier molecular flexibility index (Phi) is 4.76. The molecule has 0 aromatic heterocycles. The van der Waals surface area contributed by atoms with Gasteiger partial charge in [0.15, 0.2) is 0 Å². The molecule has 1 amide bonds. The molecule has 0 bridgehead atoms. The van der Waals surface area contributed by atoms with Crippen molar-refractivity contribution in [1.82, 2.24) is 0 Å². The highest BCUT2D eigenvalue weighted by Crippen LogP contribution is 2.21. The topological polar surface area (TPSA) is 64.3 Å². The van der Waals surface area contributed by atoms with Crippen molar-refractivity contribution in [3.63, 3.8) is 0 Å². The lowest BCUT2D eigenvalue weighted by Gasteiger charge is -2.11. The summed E-state index contributed by atoms with van der Waals surface area (Å²) in [7, 11) is 1.62. The third-order valence-electron chi connectivity index (χ3n) is 2.83. The number of carbonyl (C=O) groups excluding carboxylic acids is 1. The summed E-state index contributed by atoms with van der Waals surface area (Å²) in [6.45, 7) is 0.435. The van der Waals surface area contributed by atoms with Crippen LogP contribution in [0.25, 0.3) is 0 Å². The smallest absolute Gasteiger partial charge is 0.257 e. The van der Waals surface area contributed by atoms with Gasteiger partial charge in [0, 0.05) is 28.5 Å². The first kappa shape index (κ1) is 14.6. The zero-order valence-electron chi connectivity index (χ0n) is 11.0. The van der Waals surface area contributed by atoms with Gasteiger partial charge < -0.3 is 15.8 Å². The van der Waals surface area contributed by atoms with E-state index in [2.05, 4.69) is 21.2 Å². The summed E-state index contributed by atoms with van der Waals surface area (Å²) in [5, 5.41) is 2.86. The van der Waals surface area contributed by atoms with Crippen molar-refractivity contribution in [3.05, 3.63) is 58.1 Å². The fourth-order valence-electron chi connectivity index (χ4n) is 1.84. The molecule has 0 aliphatic carbocycles. The summed E-state index contributed by atoms with van der Waals surface area (Å²) in [5.74, 6) is -0.243. The third kappa shape index (κ3) is 3.37. The van der Waals surface area contributed by atoms with Crippen LogP contribution < -0.4 is 11.1 Å². The first-order valence-electron chi connectivity index (χ1n) is 6.05. The fourth-order valence-corrected chi connectivity index (χ4v) is 2.20. The second-order valence-corrected chi connectivity index (χ2v) is 5.19. The maximum atomic E-state index is 12.3. The molecule has 0 aliphatic heterocycles. The second-order valence-electron chi connectivity index (χ2n) is 4.28. The highest BCUT2D eigenvalue weighted by Gasteiger charge is 2.12.